The number of nitrogens with two attached hydrogens (primary N) is 1. The second kappa shape index (κ2) is 9.73. The molecule has 32 heavy (non-hydrogen) atoms. The highest BCUT2D eigenvalue weighted by atomic mass is 19.4. The molecule has 0 spiro atoms. The first-order valence-corrected chi connectivity index (χ1v) is 10.7. The van der Waals surface area contributed by atoms with Crippen molar-refractivity contribution in [3.05, 3.63) is 53.6 Å². The molecule has 5 nitrogen and oxygen atoms in total. The van der Waals surface area contributed by atoms with Gasteiger partial charge in [-0.3, -0.25) is 10.2 Å². The van der Waals surface area contributed by atoms with Crippen LogP contribution in [0.2, 0.25) is 0 Å². The predicted molar refractivity (Wildman–Crippen MR) is 121 cm³/mol. The summed E-state index contributed by atoms with van der Waals surface area (Å²) in [5.41, 5.74) is 6.84. The number of nitrogens with zero attached hydrogens (tertiary/aromatic N) is 1. The molecule has 2 aromatic carbocycles. The number of halogens is 3. The summed E-state index contributed by atoms with van der Waals surface area (Å²) in [5, 5.41) is 11.2. The van der Waals surface area contributed by atoms with Gasteiger partial charge in [0.05, 0.1) is 5.56 Å². The van der Waals surface area contributed by atoms with Gasteiger partial charge in [-0.05, 0) is 81.1 Å². The monoisotopic (exact) mass is 446 g/mol. The third-order valence-corrected chi connectivity index (χ3v) is 5.88. The van der Waals surface area contributed by atoms with Crippen LogP contribution >= 0.6 is 0 Å². The lowest BCUT2D eigenvalue weighted by Gasteiger charge is -2.31. The van der Waals surface area contributed by atoms with E-state index in [1.54, 1.807) is 18.2 Å². The van der Waals surface area contributed by atoms with Gasteiger partial charge in [-0.25, -0.2) is 0 Å². The summed E-state index contributed by atoms with van der Waals surface area (Å²) in [4.78, 5) is 14.9. The molecule has 1 aliphatic rings. The third kappa shape index (κ3) is 5.88. The van der Waals surface area contributed by atoms with E-state index in [2.05, 4.69) is 17.3 Å². The SMILES string of the molecule is CC(CC1CCCN(C)C1)NC(=O)C(=N)c1ccc(-c2ccc(C(F)(F)F)cc2)cc1N. The van der Waals surface area contributed by atoms with Gasteiger partial charge in [0.1, 0.15) is 5.71 Å². The van der Waals surface area contributed by atoms with Crippen LogP contribution < -0.4 is 11.1 Å². The van der Waals surface area contributed by atoms with Crippen LogP contribution in [0.15, 0.2) is 42.5 Å². The van der Waals surface area contributed by atoms with Crippen LogP contribution in [0.25, 0.3) is 11.1 Å². The smallest absolute Gasteiger partial charge is 0.398 e. The zero-order valence-electron chi connectivity index (χ0n) is 18.3. The van der Waals surface area contributed by atoms with Crippen molar-refractivity contribution < 1.29 is 18.0 Å². The normalized spacial score (nSPS) is 18.2. The quantitative estimate of drug-likeness (QED) is 0.449. The van der Waals surface area contributed by atoms with Gasteiger partial charge in [-0.2, -0.15) is 13.2 Å². The van der Waals surface area contributed by atoms with Gasteiger partial charge in [0.2, 0.25) is 0 Å². The van der Waals surface area contributed by atoms with Gasteiger partial charge < -0.3 is 16.0 Å². The Balaban J connectivity index is 1.64. The standard InChI is InChI=1S/C24H29F3N4O/c1-15(12-16-4-3-11-31(2)14-16)30-23(32)22(29)20-10-7-18(13-21(20)28)17-5-8-19(9-6-17)24(25,26)27/h5-10,13,15-16,29H,3-4,11-12,14,28H2,1-2H3,(H,30,32). The topological polar surface area (TPSA) is 82.2 Å². The highest BCUT2D eigenvalue weighted by Crippen LogP contribution is 2.31. The van der Waals surface area contributed by atoms with Gasteiger partial charge >= 0.3 is 6.18 Å². The number of alkyl halides is 3. The van der Waals surface area contributed by atoms with Crippen LogP contribution in [0, 0.1) is 11.3 Å². The van der Waals surface area contributed by atoms with Gasteiger partial charge in [0.25, 0.3) is 5.91 Å². The van der Waals surface area contributed by atoms with Crippen LogP contribution in [0.3, 0.4) is 0 Å². The number of carbonyl (C=O) groups is 1. The largest absolute Gasteiger partial charge is 0.416 e. The molecule has 1 aliphatic heterocycles. The van der Waals surface area contributed by atoms with Gasteiger partial charge in [-0.15, -0.1) is 0 Å². The minimum absolute atomic E-state index is 0.0630. The Morgan fingerprint density at radius 2 is 1.88 bits per heavy atom. The molecule has 3 rings (SSSR count). The zero-order chi connectivity index (χ0) is 23.5. The Morgan fingerprint density at radius 1 is 1.22 bits per heavy atom. The van der Waals surface area contributed by atoms with Crippen molar-refractivity contribution in [1.82, 2.24) is 10.2 Å². The van der Waals surface area contributed by atoms with Crippen molar-refractivity contribution in [1.29, 1.82) is 5.41 Å². The number of rotatable bonds is 6. The lowest BCUT2D eigenvalue weighted by Crippen LogP contribution is -2.41. The third-order valence-electron chi connectivity index (χ3n) is 5.88. The summed E-state index contributed by atoms with van der Waals surface area (Å²) in [6.07, 6.45) is -1.25. The maximum atomic E-state index is 12.8. The molecule has 0 radical (unpaired) electrons. The molecule has 1 saturated heterocycles. The predicted octanol–water partition coefficient (Wildman–Crippen LogP) is 4.56. The number of hydrogen-bond acceptors (Lipinski definition) is 4. The number of benzene rings is 2. The molecule has 0 saturated carbocycles. The van der Waals surface area contributed by atoms with Crippen molar-refractivity contribution in [3.8, 4) is 11.1 Å². The van der Waals surface area contributed by atoms with Gasteiger partial charge in [0.15, 0.2) is 0 Å². The van der Waals surface area contributed by atoms with E-state index in [9.17, 15) is 18.0 Å². The summed E-state index contributed by atoms with van der Waals surface area (Å²) in [6, 6.07) is 9.50. The molecule has 0 aromatic heterocycles. The number of nitrogens with one attached hydrogen (secondary N) is 2. The molecule has 0 bridgehead atoms. The lowest BCUT2D eigenvalue weighted by molar-refractivity contribution is -0.137. The van der Waals surface area contributed by atoms with Crippen LogP contribution in [0.5, 0.6) is 0 Å². The van der Waals surface area contributed by atoms with Crippen LogP contribution in [0.4, 0.5) is 18.9 Å². The summed E-state index contributed by atoms with van der Waals surface area (Å²) in [7, 11) is 2.10. The molecule has 1 amide bonds. The Bertz CT molecular complexity index is 972. The second-order valence-electron chi connectivity index (χ2n) is 8.63. The second-order valence-corrected chi connectivity index (χ2v) is 8.63. The molecular weight excluding hydrogens is 417 g/mol. The van der Waals surface area contributed by atoms with E-state index >= 15 is 0 Å². The number of hydrogen-bond donors (Lipinski definition) is 3. The van der Waals surface area contributed by atoms with Crippen molar-refractivity contribution in [2.75, 3.05) is 25.9 Å². The summed E-state index contributed by atoms with van der Waals surface area (Å²) in [6.45, 7) is 4.05. The minimum atomic E-state index is -4.39. The van der Waals surface area contributed by atoms with Gasteiger partial charge in [-0.1, -0.05) is 18.2 Å². The fourth-order valence-corrected chi connectivity index (χ4v) is 4.26. The van der Waals surface area contributed by atoms with Crippen LogP contribution in [0.1, 0.15) is 37.3 Å². The fraction of sp³-hybridized carbons (Fsp3) is 0.417. The van der Waals surface area contributed by atoms with E-state index < -0.39 is 17.6 Å². The first kappa shape index (κ1) is 23.8. The highest BCUT2D eigenvalue weighted by molar-refractivity contribution is 6.45. The average molecular weight is 447 g/mol. The molecule has 172 valence electrons. The van der Waals surface area contributed by atoms with Crippen LogP contribution in [-0.4, -0.2) is 42.7 Å². The highest BCUT2D eigenvalue weighted by Gasteiger charge is 2.30. The van der Waals surface area contributed by atoms with Crippen molar-refractivity contribution in [3.63, 3.8) is 0 Å². The number of piperidine rings is 1. The number of carbonyl (C=O) groups excluding carboxylic acids is 1. The zero-order valence-corrected chi connectivity index (χ0v) is 18.3. The molecule has 1 fully saturated rings. The molecule has 2 unspecified atom stereocenters. The van der Waals surface area contributed by atoms with E-state index in [1.165, 1.54) is 12.1 Å². The maximum absolute atomic E-state index is 12.8. The number of nitrogen functional groups attached to an aromatic ring is 1. The summed E-state index contributed by atoms with van der Waals surface area (Å²) >= 11 is 0. The number of likely N-dealkylation sites (tertiary alicyclic amines) is 1. The minimum Gasteiger partial charge on any atom is -0.398 e. The van der Waals surface area contributed by atoms with E-state index in [4.69, 9.17) is 11.1 Å². The lowest BCUT2D eigenvalue weighted by atomic mass is 9.92. The fourth-order valence-electron chi connectivity index (χ4n) is 4.26. The molecule has 8 heteroatoms. The number of anilines is 1. The molecule has 4 N–H and O–H groups in total. The Morgan fingerprint density at radius 3 is 2.47 bits per heavy atom. The van der Waals surface area contributed by atoms with E-state index in [0.29, 0.717) is 22.6 Å². The first-order chi connectivity index (χ1) is 15.0. The Hall–Kier alpha value is -2.87. The first-order valence-electron chi connectivity index (χ1n) is 10.7. The maximum Gasteiger partial charge on any atom is 0.416 e. The molecule has 0 aliphatic carbocycles. The van der Waals surface area contributed by atoms with Crippen molar-refractivity contribution in [2.24, 2.45) is 5.92 Å². The summed E-state index contributed by atoms with van der Waals surface area (Å²) in [5.74, 6) is 0.0296. The van der Waals surface area contributed by atoms with Crippen molar-refractivity contribution in [2.45, 2.75) is 38.4 Å². The van der Waals surface area contributed by atoms with E-state index in [-0.39, 0.29) is 17.4 Å². The van der Waals surface area contributed by atoms with E-state index in [1.807, 2.05) is 6.92 Å². The van der Waals surface area contributed by atoms with Crippen LogP contribution in [-0.2, 0) is 11.0 Å². The molecule has 2 atom stereocenters. The van der Waals surface area contributed by atoms with Gasteiger partial charge in [0, 0.05) is 23.8 Å². The Kier molecular flexibility index (Phi) is 7.23. The molecule has 2 aromatic rings. The van der Waals surface area contributed by atoms with E-state index in [0.717, 1.165) is 44.5 Å². The average Bonchev–Trinajstić information content (AvgIpc) is 2.72. The number of amides is 1. The molecular formula is C24H29F3N4O. The summed E-state index contributed by atoms with van der Waals surface area (Å²) < 4.78 is 38.3. The van der Waals surface area contributed by atoms with Crippen molar-refractivity contribution >= 4 is 17.3 Å². The molecule has 1 heterocycles. The Labute approximate surface area is 186 Å².